The van der Waals surface area contributed by atoms with Crippen molar-refractivity contribution >= 4 is 5.91 Å². The molecular formula is C18H27NO2. The van der Waals surface area contributed by atoms with E-state index in [0.717, 1.165) is 32.1 Å². The van der Waals surface area contributed by atoms with Gasteiger partial charge in [0.25, 0.3) is 0 Å². The Morgan fingerprint density at radius 1 is 1.24 bits per heavy atom. The Morgan fingerprint density at radius 3 is 2.48 bits per heavy atom. The van der Waals surface area contributed by atoms with Crippen molar-refractivity contribution in [2.45, 2.75) is 63.4 Å². The molecule has 0 bridgehead atoms. The number of hydrogen-bond donors (Lipinski definition) is 2. The number of nitrogens with one attached hydrogen (secondary N) is 1. The molecule has 1 saturated carbocycles. The average Bonchev–Trinajstić information content (AvgIpc) is 2.91. The maximum absolute atomic E-state index is 12.0. The summed E-state index contributed by atoms with van der Waals surface area (Å²) in [6.07, 6.45) is 5.05. The quantitative estimate of drug-likeness (QED) is 0.845. The van der Waals surface area contributed by atoms with E-state index in [9.17, 15) is 9.90 Å². The first kappa shape index (κ1) is 16.0. The monoisotopic (exact) mass is 289 g/mol. The normalized spacial score (nSPS) is 17.7. The van der Waals surface area contributed by atoms with Crippen molar-refractivity contribution in [2.75, 3.05) is 6.54 Å². The van der Waals surface area contributed by atoms with Crippen LogP contribution >= 0.6 is 0 Å². The zero-order valence-corrected chi connectivity index (χ0v) is 13.2. The van der Waals surface area contributed by atoms with E-state index in [-0.39, 0.29) is 11.3 Å². The Labute approximate surface area is 127 Å². The van der Waals surface area contributed by atoms with Gasteiger partial charge < -0.3 is 10.4 Å². The molecule has 1 aliphatic rings. The lowest BCUT2D eigenvalue weighted by Crippen LogP contribution is -2.41. The highest BCUT2D eigenvalue weighted by Crippen LogP contribution is 2.29. The maximum atomic E-state index is 12.0. The van der Waals surface area contributed by atoms with Crippen LogP contribution in [0.25, 0.3) is 0 Å². The molecule has 2 rings (SSSR count). The van der Waals surface area contributed by atoms with Gasteiger partial charge in [-0.2, -0.15) is 0 Å². The molecule has 0 atom stereocenters. The van der Waals surface area contributed by atoms with Gasteiger partial charge in [-0.25, -0.2) is 0 Å². The number of carbonyl (C=O) groups is 1. The van der Waals surface area contributed by atoms with Gasteiger partial charge in [0.15, 0.2) is 0 Å². The van der Waals surface area contributed by atoms with Crippen LogP contribution in [0, 0.1) is 0 Å². The van der Waals surface area contributed by atoms with E-state index in [0.29, 0.717) is 13.0 Å². The zero-order chi connectivity index (χ0) is 15.3. The van der Waals surface area contributed by atoms with Gasteiger partial charge in [0.2, 0.25) is 5.91 Å². The van der Waals surface area contributed by atoms with Gasteiger partial charge in [0.1, 0.15) is 0 Å². The summed E-state index contributed by atoms with van der Waals surface area (Å²) in [4.78, 5) is 12.0. The summed E-state index contributed by atoms with van der Waals surface area (Å²) in [5.74, 6) is 0.0410. The van der Waals surface area contributed by atoms with E-state index >= 15 is 0 Å². The van der Waals surface area contributed by atoms with Crippen LogP contribution in [0.1, 0.15) is 57.9 Å². The summed E-state index contributed by atoms with van der Waals surface area (Å²) in [6, 6.07) is 10.3. The molecule has 0 heterocycles. The summed E-state index contributed by atoms with van der Waals surface area (Å²) in [5, 5.41) is 13.1. The molecule has 0 aromatic heterocycles. The van der Waals surface area contributed by atoms with Gasteiger partial charge >= 0.3 is 0 Å². The largest absolute Gasteiger partial charge is 0.388 e. The topological polar surface area (TPSA) is 49.3 Å². The van der Waals surface area contributed by atoms with Crippen LogP contribution < -0.4 is 5.32 Å². The van der Waals surface area contributed by atoms with Gasteiger partial charge in [-0.15, -0.1) is 0 Å². The Bertz CT molecular complexity index is 461. The molecule has 0 aliphatic heterocycles. The third kappa shape index (κ3) is 4.57. The van der Waals surface area contributed by atoms with Crippen molar-refractivity contribution in [2.24, 2.45) is 0 Å². The molecule has 1 aliphatic carbocycles. The van der Waals surface area contributed by atoms with E-state index in [1.165, 1.54) is 5.56 Å². The number of rotatable bonds is 6. The van der Waals surface area contributed by atoms with Crippen molar-refractivity contribution in [3.8, 4) is 0 Å². The summed E-state index contributed by atoms with van der Waals surface area (Å²) in [7, 11) is 0. The van der Waals surface area contributed by atoms with Crippen LogP contribution in [0.15, 0.2) is 30.3 Å². The lowest BCUT2D eigenvalue weighted by Gasteiger charge is -2.26. The molecule has 1 fully saturated rings. The van der Waals surface area contributed by atoms with Crippen molar-refractivity contribution < 1.29 is 9.90 Å². The van der Waals surface area contributed by atoms with E-state index in [4.69, 9.17) is 0 Å². The highest BCUT2D eigenvalue weighted by Gasteiger charge is 2.31. The van der Waals surface area contributed by atoms with Crippen LogP contribution in [0.2, 0.25) is 0 Å². The predicted octanol–water partition coefficient (Wildman–Crippen LogP) is 3.17. The van der Waals surface area contributed by atoms with Gasteiger partial charge in [-0.3, -0.25) is 4.79 Å². The lowest BCUT2D eigenvalue weighted by molar-refractivity contribution is -0.122. The Morgan fingerprint density at radius 2 is 1.86 bits per heavy atom. The van der Waals surface area contributed by atoms with E-state index in [1.54, 1.807) is 0 Å². The fourth-order valence-corrected chi connectivity index (χ4v) is 3.02. The molecule has 116 valence electrons. The molecule has 3 heteroatoms. The first-order valence-electron chi connectivity index (χ1n) is 7.96. The van der Waals surface area contributed by atoms with Gasteiger partial charge in [0.05, 0.1) is 5.60 Å². The number of aliphatic hydroxyl groups is 1. The van der Waals surface area contributed by atoms with Crippen LogP contribution in [0.4, 0.5) is 0 Å². The van der Waals surface area contributed by atoms with Crippen molar-refractivity contribution in [1.29, 1.82) is 0 Å². The minimum Gasteiger partial charge on any atom is -0.388 e. The van der Waals surface area contributed by atoms with Gasteiger partial charge in [0, 0.05) is 13.0 Å². The van der Waals surface area contributed by atoms with Crippen molar-refractivity contribution in [1.82, 2.24) is 5.32 Å². The first-order chi connectivity index (χ1) is 9.91. The molecule has 1 amide bonds. The first-order valence-corrected chi connectivity index (χ1v) is 7.96. The highest BCUT2D eigenvalue weighted by atomic mass is 16.3. The zero-order valence-electron chi connectivity index (χ0n) is 13.2. The van der Waals surface area contributed by atoms with E-state index in [1.807, 2.05) is 18.2 Å². The van der Waals surface area contributed by atoms with Crippen molar-refractivity contribution in [3.05, 3.63) is 35.9 Å². The maximum Gasteiger partial charge on any atom is 0.220 e. The van der Waals surface area contributed by atoms with E-state index in [2.05, 4.69) is 31.3 Å². The fraction of sp³-hybridized carbons (Fsp3) is 0.611. The molecule has 1 aromatic rings. The molecule has 3 nitrogen and oxygen atoms in total. The van der Waals surface area contributed by atoms with Crippen LogP contribution in [-0.2, 0) is 10.2 Å². The molecular weight excluding hydrogens is 262 g/mol. The Hall–Kier alpha value is -1.35. The summed E-state index contributed by atoms with van der Waals surface area (Å²) in [6.45, 7) is 4.73. The number of benzene rings is 1. The summed E-state index contributed by atoms with van der Waals surface area (Å²) in [5.41, 5.74) is 0.584. The minimum absolute atomic E-state index is 0.0111. The second kappa shape index (κ2) is 6.61. The SMILES string of the molecule is CC(C)(CCC(=O)NCC1(O)CCCC1)c1ccccc1. The minimum atomic E-state index is -0.662. The number of amides is 1. The molecule has 1 aromatic carbocycles. The Kier molecular flexibility index (Phi) is 5.04. The van der Waals surface area contributed by atoms with E-state index < -0.39 is 5.60 Å². The molecule has 21 heavy (non-hydrogen) atoms. The Balaban J connectivity index is 1.78. The van der Waals surface area contributed by atoms with Crippen LogP contribution in [0.3, 0.4) is 0 Å². The predicted molar refractivity (Wildman–Crippen MR) is 85.1 cm³/mol. The second-order valence-corrected chi connectivity index (χ2v) is 6.96. The second-order valence-electron chi connectivity index (χ2n) is 6.96. The lowest BCUT2D eigenvalue weighted by atomic mass is 9.80. The van der Waals surface area contributed by atoms with Crippen LogP contribution in [-0.4, -0.2) is 23.2 Å². The average molecular weight is 289 g/mol. The van der Waals surface area contributed by atoms with Gasteiger partial charge in [-0.1, -0.05) is 57.0 Å². The highest BCUT2D eigenvalue weighted by molar-refractivity contribution is 5.76. The number of carbonyl (C=O) groups excluding carboxylic acids is 1. The van der Waals surface area contributed by atoms with Crippen molar-refractivity contribution in [3.63, 3.8) is 0 Å². The third-order valence-corrected chi connectivity index (χ3v) is 4.68. The summed E-state index contributed by atoms with van der Waals surface area (Å²) < 4.78 is 0. The third-order valence-electron chi connectivity index (χ3n) is 4.68. The smallest absolute Gasteiger partial charge is 0.220 e. The molecule has 2 N–H and O–H groups in total. The molecule has 0 radical (unpaired) electrons. The summed E-state index contributed by atoms with van der Waals surface area (Å²) >= 11 is 0. The van der Waals surface area contributed by atoms with Gasteiger partial charge in [-0.05, 0) is 30.2 Å². The fourth-order valence-electron chi connectivity index (χ4n) is 3.02. The molecule has 0 saturated heterocycles. The molecule has 0 unspecified atom stereocenters. The van der Waals surface area contributed by atoms with Crippen LogP contribution in [0.5, 0.6) is 0 Å². The standard InChI is InChI=1S/C18H27NO2/c1-17(2,15-8-4-3-5-9-15)13-10-16(20)19-14-18(21)11-6-7-12-18/h3-5,8-9,21H,6-7,10-14H2,1-2H3,(H,19,20). The molecule has 0 spiro atoms. The number of hydrogen-bond acceptors (Lipinski definition) is 2.